The lowest BCUT2D eigenvalue weighted by Crippen LogP contribution is -2.49. The molecule has 2 saturated carbocycles. The van der Waals surface area contributed by atoms with Crippen LogP contribution in [0.3, 0.4) is 0 Å². The first-order valence-electron chi connectivity index (χ1n) is 22.5. The van der Waals surface area contributed by atoms with Gasteiger partial charge in [-0.05, 0) is 129 Å². The molecule has 1 aromatic heterocycles. The van der Waals surface area contributed by atoms with Crippen LogP contribution in [0, 0.1) is 40.4 Å². The third-order valence-corrected chi connectivity index (χ3v) is 14.3. The number of benzene rings is 8. The summed E-state index contributed by atoms with van der Waals surface area (Å²) in [5.74, 6) is 3.47. The molecule has 0 aliphatic heterocycles. The zero-order chi connectivity index (χ0) is 43.2. The van der Waals surface area contributed by atoms with Gasteiger partial charge in [-0.2, -0.15) is 10.5 Å². The van der Waals surface area contributed by atoms with Crippen LogP contribution in [0.15, 0.2) is 176 Å². The van der Waals surface area contributed by atoms with Gasteiger partial charge in [0.15, 0.2) is 17.5 Å². The average molecular weight is 824 g/mol. The van der Waals surface area contributed by atoms with Gasteiger partial charge >= 0.3 is 0 Å². The van der Waals surface area contributed by atoms with E-state index in [0.717, 1.165) is 61.0 Å². The number of rotatable bonds is 7. The fourth-order valence-corrected chi connectivity index (χ4v) is 11.4. The Bertz CT molecular complexity index is 3290. The standard InChI is InChI=1S/C59H45N5/c1-38-32-40-10-9-14-50(33-40)59(38,48-28-24-42(25-29-48)54-34-45(22-23-47(54)37-61)41-11-3-2-4-12-41)49-30-26-44(27-31-49)57-62-56(43-20-18-39(36-60)19-21-43)63-58(64-57)55-35-46-13-5-6-15-51(46)52-16-7-8-17-53(52)55/h2-8,11-13,15-31,34-35,38,40,50H,9-10,14,32-33H2,1H3. The van der Waals surface area contributed by atoms with Crippen molar-refractivity contribution < 1.29 is 0 Å². The van der Waals surface area contributed by atoms with Crippen molar-refractivity contribution in [2.24, 2.45) is 17.8 Å². The van der Waals surface area contributed by atoms with Crippen LogP contribution >= 0.6 is 0 Å². The molecular formula is C59H45N5. The van der Waals surface area contributed by atoms with Crippen LogP contribution in [0.4, 0.5) is 0 Å². The number of nitrogens with zero attached hydrogens (tertiary/aromatic N) is 5. The summed E-state index contributed by atoms with van der Waals surface area (Å²) >= 11 is 0. The van der Waals surface area contributed by atoms with Gasteiger partial charge in [0.2, 0.25) is 0 Å². The molecule has 1 heterocycles. The van der Waals surface area contributed by atoms with Gasteiger partial charge in [-0.25, -0.2) is 15.0 Å². The molecule has 11 rings (SSSR count). The third-order valence-electron chi connectivity index (χ3n) is 14.3. The summed E-state index contributed by atoms with van der Waals surface area (Å²) in [6.45, 7) is 2.47. The zero-order valence-corrected chi connectivity index (χ0v) is 35.7. The molecule has 4 unspecified atom stereocenters. The van der Waals surface area contributed by atoms with Crippen LogP contribution in [0.5, 0.6) is 0 Å². The Morgan fingerprint density at radius 2 is 1.08 bits per heavy atom. The fourth-order valence-electron chi connectivity index (χ4n) is 11.4. The average Bonchev–Trinajstić information content (AvgIpc) is 3.36. The first kappa shape index (κ1) is 39.1. The van der Waals surface area contributed by atoms with Crippen molar-refractivity contribution in [2.75, 3.05) is 0 Å². The van der Waals surface area contributed by atoms with E-state index < -0.39 is 0 Å². The van der Waals surface area contributed by atoms with Gasteiger partial charge in [-0.15, -0.1) is 0 Å². The van der Waals surface area contributed by atoms with Crippen molar-refractivity contribution in [1.82, 2.24) is 15.0 Å². The van der Waals surface area contributed by atoms with E-state index in [0.29, 0.717) is 40.4 Å². The molecule has 0 amide bonds. The molecule has 64 heavy (non-hydrogen) atoms. The second-order valence-electron chi connectivity index (χ2n) is 17.8. The minimum Gasteiger partial charge on any atom is -0.208 e. The van der Waals surface area contributed by atoms with Gasteiger partial charge in [0.1, 0.15) is 0 Å². The summed E-state index contributed by atoms with van der Waals surface area (Å²) in [7, 11) is 0. The van der Waals surface area contributed by atoms with Crippen molar-refractivity contribution >= 4 is 21.5 Å². The summed E-state index contributed by atoms with van der Waals surface area (Å²) in [5.41, 5.74) is 10.7. The molecular weight excluding hydrogens is 779 g/mol. The van der Waals surface area contributed by atoms with Crippen molar-refractivity contribution in [3.63, 3.8) is 0 Å². The SMILES string of the molecule is CC1CC2CCCC(C2)C1(c1ccc(-c2nc(-c3ccc(C#N)cc3)nc(-c3cc4ccccc4c4ccccc34)n2)cc1)c1ccc(-c2cc(-c3ccccc3)ccc2C#N)cc1. The van der Waals surface area contributed by atoms with Crippen LogP contribution in [0.1, 0.15) is 61.3 Å². The minimum absolute atomic E-state index is 0.181. The molecule has 8 aromatic carbocycles. The Morgan fingerprint density at radius 3 is 1.77 bits per heavy atom. The maximum absolute atomic E-state index is 10.2. The molecule has 2 bridgehead atoms. The first-order chi connectivity index (χ1) is 31.5. The lowest BCUT2D eigenvalue weighted by Gasteiger charge is -2.54. The van der Waals surface area contributed by atoms with Gasteiger partial charge in [-0.1, -0.05) is 153 Å². The maximum Gasteiger partial charge on any atom is 0.164 e. The summed E-state index contributed by atoms with van der Waals surface area (Å²) in [6.07, 6.45) is 6.21. The Morgan fingerprint density at radius 1 is 0.484 bits per heavy atom. The van der Waals surface area contributed by atoms with Crippen molar-refractivity contribution in [3.8, 4) is 68.6 Å². The molecule has 9 aromatic rings. The van der Waals surface area contributed by atoms with Crippen molar-refractivity contribution in [1.29, 1.82) is 10.5 Å². The normalized spacial score (nSPS) is 19.2. The number of fused-ring (bicyclic) bond motifs is 5. The van der Waals surface area contributed by atoms with Gasteiger partial charge in [0.05, 0.1) is 23.3 Å². The van der Waals surface area contributed by atoms with Crippen molar-refractivity contribution in [2.45, 2.75) is 44.4 Å². The Hall–Kier alpha value is -7.73. The highest BCUT2D eigenvalue weighted by atomic mass is 15.0. The predicted octanol–water partition coefficient (Wildman–Crippen LogP) is 14.4. The fraction of sp³-hybridized carbons (Fsp3) is 0.169. The molecule has 4 atom stereocenters. The van der Waals surface area contributed by atoms with Gasteiger partial charge in [0, 0.05) is 27.7 Å². The van der Waals surface area contributed by atoms with E-state index in [4.69, 9.17) is 15.0 Å². The third kappa shape index (κ3) is 6.73. The number of hydrogen-bond acceptors (Lipinski definition) is 5. The molecule has 0 spiro atoms. The molecule has 2 aliphatic carbocycles. The second-order valence-corrected chi connectivity index (χ2v) is 17.8. The molecule has 306 valence electrons. The van der Waals surface area contributed by atoms with E-state index in [2.05, 4.69) is 153 Å². The first-order valence-corrected chi connectivity index (χ1v) is 22.5. The summed E-state index contributed by atoms with van der Waals surface area (Å²) in [4.78, 5) is 15.5. The van der Waals surface area contributed by atoms with E-state index in [-0.39, 0.29) is 5.41 Å². The van der Waals surface area contributed by atoms with Crippen LogP contribution < -0.4 is 0 Å². The van der Waals surface area contributed by atoms with Crippen LogP contribution in [0.2, 0.25) is 0 Å². The van der Waals surface area contributed by atoms with E-state index in [1.807, 2.05) is 42.5 Å². The summed E-state index contributed by atoms with van der Waals surface area (Å²) in [6, 6.07) is 66.1. The van der Waals surface area contributed by atoms with Gasteiger partial charge in [0.25, 0.3) is 0 Å². The summed E-state index contributed by atoms with van der Waals surface area (Å²) < 4.78 is 0. The molecule has 5 heteroatoms. The summed E-state index contributed by atoms with van der Waals surface area (Å²) in [5, 5.41) is 24.3. The molecule has 5 nitrogen and oxygen atoms in total. The number of nitriles is 2. The Balaban J connectivity index is 1.03. The van der Waals surface area contributed by atoms with E-state index in [1.54, 1.807) is 0 Å². The zero-order valence-electron chi connectivity index (χ0n) is 35.7. The van der Waals surface area contributed by atoms with Crippen LogP contribution in [-0.2, 0) is 5.41 Å². The molecule has 0 saturated heterocycles. The highest BCUT2D eigenvalue weighted by Gasteiger charge is 2.51. The lowest BCUT2D eigenvalue weighted by molar-refractivity contribution is 0.0642. The molecule has 2 aliphatic rings. The monoisotopic (exact) mass is 823 g/mol. The lowest BCUT2D eigenvalue weighted by atomic mass is 9.49. The highest BCUT2D eigenvalue weighted by Crippen LogP contribution is 2.58. The topological polar surface area (TPSA) is 86.2 Å². The smallest absolute Gasteiger partial charge is 0.164 e. The largest absolute Gasteiger partial charge is 0.208 e. The predicted molar refractivity (Wildman–Crippen MR) is 258 cm³/mol. The van der Waals surface area contributed by atoms with E-state index in [1.165, 1.54) is 48.6 Å². The maximum atomic E-state index is 10.2. The van der Waals surface area contributed by atoms with Crippen molar-refractivity contribution in [3.05, 3.63) is 198 Å². The van der Waals surface area contributed by atoms with E-state index in [9.17, 15) is 10.5 Å². The van der Waals surface area contributed by atoms with Crippen LogP contribution in [-0.4, -0.2) is 15.0 Å². The second kappa shape index (κ2) is 16.2. The molecule has 0 radical (unpaired) electrons. The number of hydrogen-bond donors (Lipinski definition) is 0. The highest BCUT2D eigenvalue weighted by molar-refractivity contribution is 6.13. The van der Waals surface area contributed by atoms with Gasteiger partial charge in [-0.3, -0.25) is 0 Å². The van der Waals surface area contributed by atoms with Crippen LogP contribution in [0.25, 0.3) is 78.0 Å². The Kier molecular flexibility index (Phi) is 9.90. The quantitative estimate of drug-likeness (QED) is 0.149. The minimum atomic E-state index is -0.181. The molecule has 0 N–H and O–H groups in total. The van der Waals surface area contributed by atoms with E-state index >= 15 is 0 Å². The number of aromatic nitrogens is 3. The van der Waals surface area contributed by atoms with Gasteiger partial charge < -0.3 is 0 Å². The Labute approximate surface area is 374 Å². The molecule has 2 fully saturated rings.